The molecule has 0 saturated carbocycles. The molecule has 1 aromatic heterocycles. The van der Waals surface area contributed by atoms with Gasteiger partial charge in [-0.15, -0.1) is 0 Å². The van der Waals surface area contributed by atoms with Crippen LogP contribution < -0.4 is 16.2 Å². The van der Waals surface area contributed by atoms with Crippen LogP contribution in [0.4, 0.5) is 5.69 Å². The molecule has 1 fully saturated rings. The van der Waals surface area contributed by atoms with Crippen molar-refractivity contribution in [1.29, 1.82) is 5.41 Å². The molecule has 6 heteroatoms. The maximum absolute atomic E-state index is 13.8. The van der Waals surface area contributed by atoms with Gasteiger partial charge in [0.05, 0.1) is 11.0 Å². The lowest BCUT2D eigenvalue weighted by atomic mass is 9.96. The Morgan fingerprint density at radius 2 is 1.62 bits per heavy atom. The van der Waals surface area contributed by atoms with Gasteiger partial charge >= 0.3 is 0 Å². The molecule has 0 radical (unpaired) electrons. The summed E-state index contributed by atoms with van der Waals surface area (Å²) in [5.74, 6) is -0.0419. The quantitative estimate of drug-likeness (QED) is 0.334. The van der Waals surface area contributed by atoms with Crippen LogP contribution in [0.2, 0.25) is 0 Å². The number of nitrogen functional groups attached to an aromatic ring is 1. The number of nitrogens with one attached hydrogen (secondary N) is 1. The first kappa shape index (κ1) is 21.9. The van der Waals surface area contributed by atoms with E-state index in [2.05, 4.69) is 35.9 Å². The third-order valence-corrected chi connectivity index (χ3v) is 6.81. The molecular weight excluding hydrogens is 422 g/mol. The number of rotatable bonds is 4. The lowest BCUT2D eigenvalue weighted by Crippen LogP contribution is -2.43. The van der Waals surface area contributed by atoms with Gasteiger partial charge in [-0.3, -0.25) is 14.8 Å². The van der Waals surface area contributed by atoms with Gasteiger partial charge in [-0.25, -0.2) is 4.98 Å². The van der Waals surface area contributed by atoms with E-state index in [1.807, 2.05) is 42.5 Å². The van der Waals surface area contributed by atoms with Gasteiger partial charge < -0.3 is 10.6 Å². The predicted molar refractivity (Wildman–Crippen MR) is 139 cm³/mol. The minimum Gasteiger partial charge on any atom is -0.384 e. The number of aromatic nitrogens is 2. The van der Waals surface area contributed by atoms with Gasteiger partial charge in [0.15, 0.2) is 0 Å². The highest BCUT2D eigenvalue weighted by molar-refractivity contribution is 5.96. The molecule has 3 N–H and O–H groups in total. The number of piperidine rings is 1. The van der Waals surface area contributed by atoms with Crippen LogP contribution in [0.25, 0.3) is 28.0 Å². The van der Waals surface area contributed by atoms with Crippen LogP contribution in [0.1, 0.15) is 38.7 Å². The van der Waals surface area contributed by atoms with E-state index >= 15 is 0 Å². The zero-order valence-corrected chi connectivity index (χ0v) is 19.5. The van der Waals surface area contributed by atoms with Gasteiger partial charge in [0.25, 0.3) is 5.56 Å². The van der Waals surface area contributed by atoms with Crippen LogP contribution in [-0.4, -0.2) is 27.5 Å². The summed E-state index contributed by atoms with van der Waals surface area (Å²) >= 11 is 0. The lowest BCUT2D eigenvalue weighted by molar-refractivity contribution is 0.414. The van der Waals surface area contributed by atoms with Gasteiger partial charge in [0.2, 0.25) is 0 Å². The van der Waals surface area contributed by atoms with E-state index in [0.717, 1.165) is 16.7 Å². The number of nitrogens with zero attached hydrogens (tertiary/aromatic N) is 3. The Balaban J connectivity index is 1.65. The van der Waals surface area contributed by atoms with Crippen molar-refractivity contribution in [3.8, 4) is 16.9 Å². The molecule has 1 saturated heterocycles. The second kappa shape index (κ2) is 8.78. The van der Waals surface area contributed by atoms with Gasteiger partial charge in [0, 0.05) is 34.6 Å². The normalized spacial score (nSPS) is 18.2. The first-order chi connectivity index (χ1) is 16.4. The number of hydrogen-bond acceptors (Lipinski definition) is 4. The number of fused-ring (bicyclic) bond motifs is 1. The minimum atomic E-state index is -0.202. The molecule has 0 amide bonds. The SMILES string of the molecule is C[C@@H]1CCC[C@H](C)N1c1ccc(-n2c(=O)c(-c3cccc(C(=N)N)c3)nc3ccccc32)cc1. The fourth-order valence-corrected chi connectivity index (χ4v) is 5.11. The first-order valence-corrected chi connectivity index (χ1v) is 11.8. The number of hydrogen-bond donors (Lipinski definition) is 2. The Hall–Kier alpha value is -3.93. The maximum atomic E-state index is 13.8. The van der Waals surface area contributed by atoms with Crippen molar-refractivity contribution in [2.24, 2.45) is 5.73 Å². The molecule has 2 atom stereocenters. The average molecular weight is 452 g/mol. The third kappa shape index (κ3) is 3.85. The van der Waals surface area contributed by atoms with E-state index in [4.69, 9.17) is 11.1 Å². The summed E-state index contributed by atoms with van der Waals surface area (Å²) < 4.78 is 1.73. The first-order valence-electron chi connectivity index (χ1n) is 11.8. The van der Waals surface area contributed by atoms with E-state index in [-0.39, 0.29) is 11.4 Å². The highest BCUT2D eigenvalue weighted by atomic mass is 16.1. The van der Waals surface area contributed by atoms with Crippen molar-refractivity contribution < 1.29 is 0 Å². The molecule has 34 heavy (non-hydrogen) atoms. The Morgan fingerprint density at radius 1 is 0.941 bits per heavy atom. The molecule has 4 aromatic rings. The van der Waals surface area contributed by atoms with Gasteiger partial charge in [-0.05, 0) is 75.6 Å². The minimum absolute atomic E-state index is 0.0419. The van der Waals surface area contributed by atoms with Crippen LogP contribution in [0.15, 0.2) is 77.6 Å². The molecule has 3 aromatic carbocycles. The highest BCUT2D eigenvalue weighted by Crippen LogP contribution is 2.30. The molecule has 1 aliphatic heterocycles. The van der Waals surface area contributed by atoms with Crippen LogP contribution in [0.5, 0.6) is 0 Å². The largest absolute Gasteiger partial charge is 0.384 e. The second-order valence-corrected chi connectivity index (χ2v) is 9.14. The molecule has 2 heterocycles. The Morgan fingerprint density at radius 3 is 2.32 bits per heavy atom. The van der Waals surface area contributed by atoms with Crippen molar-refractivity contribution in [1.82, 2.24) is 9.55 Å². The van der Waals surface area contributed by atoms with Crippen molar-refractivity contribution in [3.05, 3.63) is 88.7 Å². The standard InChI is InChI=1S/C28H29N5O/c1-18-7-5-8-19(2)32(18)22-13-15-23(16-14-22)33-25-12-4-3-11-24(25)31-26(28(33)34)20-9-6-10-21(17-20)27(29)30/h3-4,6,9-19H,5,7-8H2,1-2H3,(H3,29,30)/t18-,19+. The van der Waals surface area contributed by atoms with Gasteiger partial charge in [-0.2, -0.15) is 0 Å². The summed E-state index contributed by atoms with van der Waals surface area (Å²) in [7, 11) is 0. The summed E-state index contributed by atoms with van der Waals surface area (Å²) in [6.07, 6.45) is 3.66. The monoisotopic (exact) mass is 451 g/mol. The summed E-state index contributed by atoms with van der Waals surface area (Å²) in [6, 6.07) is 24.1. The molecular formula is C28H29N5O. The molecule has 172 valence electrons. The van der Waals surface area contributed by atoms with E-state index in [0.29, 0.717) is 28.9 Å². The summed E-state index contributed by atoms with van der Waals surface area (Å²) in [5, 5.41) is 7.76. The topological polar surface area (TPSA) is 88.0 Å². The van der Waals surface area contributed by atoms with Crippen LogP contribution in [-0.2, 0) is 0 Å². The third-order valence-electron chi connectivity index (χ3n) is 6.81. The van der Waals surface area contributed by atoms with Crippen LogP contribution in [0, 0.1) is 5.41 Å². The second-order valence-electron chi connectivity index (χ2n) is 9.14. The zero-order valence-electron chi connectivity index (χ0n) is 19.5. The molecule has 0 aliphatic carbocycles. The van der Waals surface area contributed by atoms with Crippen molar-refractivity contribution >= 4 is 22.6 Å². The highest BCUT2D eigenvalue weighted by Gasteiger charge is 2.25. The van der Waals surface area contributed by atoms with Gasteiger partial charge in [-0.1, -0.05) is 30.3 Å². The molecule has 0 bridgehead atoms. The molecule has 1 aliphatic rings. The molecule has 6 nitrogen and oxygen atoms in total. The number of amidine groups is 1. The number of nitrogens with two attached hydrogens (primary N) is 1. The van der Waals surface area contributed by atoms with E-state index in [1.54, 1.807) is 22.8 Å². The number of para-hydroxylation sites is 2. The average Bonchev–Trinajstić information content (AvgIpc) is 2.84. The van der Waals surface area contributed by atoms with Crippen LogP contribution >= 0.6 is 0 Å². The fraction of sp³-hybridized carbons (Fsp3) is 0.250. The van der Waals surface area contributed by atoms with Crippen molar-refractivity contribution in [2.45, 2.75) is 45.2 Å². The smallest absolute Gasteiger partial charge is 0.282 e. The Bertz CT molecular complexity index is 1410. The Labute approximate surface area is 199 Å². The van der Waals surface area contributed by atoms with Crippen molar-refractivity contribution in [3.63, 3.8) is 0 Å². The molecule has 0 spiro atoms. The fourth-order valence-electron chi connectivity index (χ4n) is 5.11. The Kier molecular flexibility index (Phi) is 5.65. The van der Waals surface area contributed by atoms with Crippen LogP contribution in [0.3, 0.4) is 0 Å². The van der Waals surface area contributed by atoms with Crippen molar-refractivity contribution in [2.75, 3.05) is 4.90 Å². The molecule has 0 unspecified atom stereocenters. The number of anilines is 1. The zero-order chi connectivity index (χ0) is 23.8. The summed E-state index contributed by atoms with van der Waals surface area (Å²) in [6.45, 7) is 4.57. The summed E-state index contributed by atoms with van der Waals surface area (Å²) in [5.41, 5.74) is 10.5. The van der Waals surface area contributed by atoms with E-state index in [1.165, 1.54) is 24.9 Å². The van der Waals surface area contributed by atoms with E-state index < -0.39 is 0 Å². The van der Waals surface area contributed by atoms with E-state index in [9.17, 15) is 4.79 Å². The van der Waals surface area contributed by atoms with Gasteiger partial charge in [0.1, 0.15) is 11.5 Å². The number of benzene rings is 3. The lowest BCUT2D eigenvalue weighted by Gasteiger charge is -2.41. The molecule has 5 rings (SSSR count). The predicted octanol–water partition coefficient (Wildman–Crippen LogP) is 5.10. The maximum Gasteiger partial charge on any atom is 0.282 e. The summed E-state index contributed by atoms with van der Waals surface area (Å²) in [4.78, 5) is 20.9.